The first-order chi connectivity index (χ1) is 12.7. The molecule has 2 aromatic rings. The summed E-state index contributed by atoms with van der Waals surface area (Å²) in [5.74, 6) is 2.80. The zero-order valence-corrected chi connectivity index (χ0v) is 15.7. The molecule has 1 N–H and O–H groups in total. The molecule has 2 bridgehead atoms. The van der Waals surface area contributed by atoms with Crippen LogP contribution in [0.4, 0.5) is 5.82 Å². The van der Waals surface area contributed by atoms with Crippen molar-refractivity contribution >= 4 is 23.5 Å². The second-order valence-electron chi connectivity index (χ2n) is 6.82. The second kappa shape index (κ2) is 7.61. The van der Waals surface area contributed by atoms with Crippen LogP contribution in [0.5, 0.6) is 0 Å². The van der Waals surface area contributed by atoms with Crippen molar-refractivity contribution in [1.82, 2.24) is 30.0 Å². The topological polar surface area (TPSA) is 90.9 Å². The van der Waals surface area contributed by atoms with Crippen LogP contribution >= 0.6 is 11.8 Å². The van der Waals surface area contributed by atoms with E-state index >= 15 is 0 Å². The van der Waals surface area contributed by atoms with E-state index in [0.29, 0.717) is 16.8 Å². The zero-order chi connectivity index (χ0) is 17.9. The van der Waals surface area contributed by atoms with E-state index < -0.39 is 0 Å². The Hall–Kier alpha value is -2.16. The third-order valence-corrected chi connectivity index (χ3v) is 5.91. The van der Waals surface area contributed by atoms with Gasteiger partial charge >= 0.3 is 0 Å². The molecular weight excluding hydrogens is 350 g/mol. The smallest absolute Gasteiger partial charge is 0.233 e. The monoisotopic (exact) mass is 373 g/mol. The Morgan fingerprint density at radius 1 is 1.31 bits per heavy atom. The molecule has 3 aliphatic rings. The standard InChI is InChI=1S/C17H23N7OS/c1-2-14-20-17(22-21-14)26-11-16(25)24-9-12-3-4-13(24)10-23(8-12)15-7-18-5-6-19-15/h5-7,12-13H,2-4,8-11H2,1H3,(H,20,21,22)/t12-,13+/m0/s1. The number of amides is 1. The van der Waals surface area contributed by atoms with E-state index in [1.807, 2.05) is 6.92 Å². The molecule has 3 aliphatic heterocycles. The van der Waals surface area contributed by atoms with E-state index in [4.69, 9.17) is 0 Å². The number of nitrogens with zero attached hydrogens (tertiary/aromatic N) is 6. The van der Waals surface area contributed by atoms with Gasteiger partial charge in [0.15, 0.2) is 0 Å². The van der Waals surface area contributed by atoms with E-state index in [1.54, 1.807) is 18.6 Å². The van der Waals surface area contributed by atoms with Gasteiger partial charge in [0, 0.05) is 44.5 Å². The van der Waals surface area contributed by atoms with E-state index in [-0.39, 0.29) is 11.9 Å². The van der Waals surface area contributed by atoms with Gasteiger partial charge in [0.2, 0.25) is 11.1 Å². The number of hydrogen-bond acceptors (Lipinski definition) is 7. The number of piperidine rings is 1. The average molecular weight is 373 g/mol. The Balaban J connectivity index is 1.40. The van der Waals surface area contributed by atoms with Gasteiger partial charge in [-0.3, -0.25) is 14.9 Å². The lowest BCUT2D eigenvalue weighted by Crippen LogP contribution is -2.48. The molecule has 0 aromatic carbocycles. The summed E-state index contributed by atoms with van der Waals surface area (Å²) in [6.07, 6.45) is 8.26. The molecule has 2 aromatic heterocycles. The predicted molar refractivity (Wildman–Crippen MR) is 99.0 cm³/mol. The number of H-pyrrole nitrogens is 1. The maximum atomic E-state index is 12.8. The average Bonchev–Trinajstić information content (AvgIpc) is 2.95. The van der Waals surface area contributed by atoms with E-state index in [0.717, 1.165) is 44.1 Å². The largest absolute Gasteiger partial charge is 0.353 e. The van der Waals surface area contributed by atoms with Crippen LogP contribution in [0.15, 0.2) is 23.7 Å². The summed E-state index contributed by atoms with van der Waals surface area (Å²) in [5, 5.41) is 7.70. The fourth-order valence-corrected chi connectivity index (χ4v) is 4.44. The van der Waals surface area contributed by atoms with Crippen LogP contribution in [0.1, 0.15) is 25.6 Å². The normalized spacial score (nSPS) is 22.5. The summed E-state index contributed by atoms with van der Waals surface area (Å²) in [6, 6.07) is 0.238. The zero-order valence-electron chi connectivity index (χ0n) is 14.8. The summed E-state index contributed by atoms with van der Waals surface area (Å²) in [7, 11) is 0. The van der Waals surface area contributed by atoms with Crippen molar-refractivity contribution < 1.29 is 4.79 Å². The van der Waals surface area contributed by atoms with Gasteiger partial charge in [-0.2, -0.15) is 0 Å². The van der Waals surface area contributed by atoms with Gasteiger partial charge in [-0.05, 0) is 18.8 Å². The SMILES string of the molecule is CCc1nc(SCC(=O)N2C[C@H]3CC[C@@H]2CN(c2cnccn2)C3)n[nH]1. The lowest BCUT2D eigenvalue weighted by Gasteiger charge is -2.36. The number of thioether (sulfide) groups is 1. The molecular formula is C17H23N7OS. The predicted octanol–water partition coefficient (Wildman–Crippen LogP) is 1.38. The third-order valence-electron chi connectivity index (χ3n) is 5.08. The number of aryl methyl sites for hydroxylation is 1. The first kappa shape index (κ1) is 17.3. The number of carbonyl (C=O) groups is 1. The van der Waals surface area contributed by atoms with Crippen molar-refractivity contribution in [2.24, 2.45) is 5.92 Å². The second-order valence-corrected chi connectivity index (χ2v) is 7.76. The number of anilines is 1. The maximum Gasteiger partial charge on any atom is 0.233 e. The van der Waals surface area contributed by atoms with Crippen LogP contribution in [0.2, 0.25) is 0 Å². The number of rotatable bonds is 5. The number of hydrogen-bond donors (Lipinski definition) is 1. The molecule has 26 heavy (non-hydrogen) atoms. The molecule has 3 fully saturated rings. The van der Waals surface area contributed by atoms with Gasteiger partial charge < -0.3 is 9.80 Å². The van der Waals surface area contributed by atoms with Gasteiger partial charge in [-0.25, -0.2) is 9.97 Å². The Kier molecular flexibility index (Phi) is 5.05. The Bertz CT molecular complexity index is 753. The molecule has 5 rings (SSSR count). The van der Waals surface area contributed by atoms with E-state index in [2.05, 4.69) is 34.9 Å². The quantitative estimate of drug-likeness (QED) is 0.792. The third kappa shape index (κ3) is 3.67. The highest BCUT2D eigenvalue weighted by Crippen LogP contribution is 2.30. The molecule has 0 radical (unpaired) electrons. The Labute approximate surface area is 156 Å². The van der Waals surface area contributed by atoms with Gasteiger partial charge in [0.1, 0.15) is 11.6 Å². The van der Waals surface area contributed by atoms with Crippen molar-refractivity contribution in [3.63, 3.8) is 0 Å². The van der Waals surface area contributed by atoms with Crippen LogP contribution in [0.3, 0.4) is 0 Å². The molecule has 3 saturated heterocycles. The summed E-state index contributed by atoms with van der Waals surface area (Å²) in [6.45, 7) is 4.62. The molecule has 138 valence electrons. The van der Waals surface area contributed by atoms with Crippen LogP contribution in [-0.4, -0.2) is 67.4 Å². The van der Waals surface area contributed by atoms with Crippen LogP contribution in [-0.2, 0) is 11.2 Å². The summed E-state index contributed by atoms with van der Waals surface area (Å²) < 4.78 is 0. The minimum atomic E-state index is 0.175. The maximum absolute atomic E-state index is 12.8. The molecule has 0 saturated carbocycles. The molecule has 5 heterocycles. The van der Waals surface area contributed by atoms with Gasteiger partial charge in [-0.1, -0.05) is 18.7 Å². The van der Waals surface area contributed by atoms with Crippen LogP contribution in [0, 0.1) is 5.92 Å². The molecule has 8 nitrogen and oxygen atoms in total. The van der Waals surface area contributed by atoms with Crippen molar-refractivity contribution in [3.05, 3.63) is 24.4 Å². The molecule has 1 amide bonds. The van der Waals surface area contributed by atoms with Crippen molar-refractivity contribution in [3.8, 4) is 0 Å². The number of nitrogens with one attached hydrogen (secondary N) is 1. The fourth-order valence-electron chi connectivity index (χ4n) is 3.74. The van der Waals surface area contributed by atoms with Gasteiger partial charge in [0.25, 0.3) is 0 Å². The number of fused-ring (bicyclic) bond motifs is 4. The summed E-state index contributed by atoms with van der Waals surface area (Å²) >= 11 is 1.41. The summed E-state index contributed by atoms with van der Waals surface area (Å²) in [4.78, 5) is 30.1. The molecule has 9 heteroatoms. The van der Waals surface area contributed by atoms with Crippen molar-refractivity contribution in [2.45, 2.75) is 37.4 Å². The van der Waals surface area contributed by atoms with Gasteiger partial charge in [-0.15, -0.1) is 5.10 Å². The highest BCUT2D eigenvalue weighted by Gasteiger charge is 2.37. The number of aromatic amines is 1. The lowest BCUT2D eigenvalue weighted by molar-refractivity contribution is -0.132. The highest BCUT2D eigenvalue weighted by atomic mass is 32.2. The molecule has 0 spiro atoms. The van der Waals surface area contributed by atoms with E-state index in [1.165, 1.54) is 18.2 Å². The lowest BCUT2D eigenvalue weighted by atomic mass is 9.95. The summed E-state index contributed by atoms with van der Waals surface area (Å²) in [5.41, 5.74) is 0. The first-order valence-corrected chi connectivity index (χ1v) is 10.1. The number of aromatic nitrogens is 5. The van der Waals surface area contributed by atoms with Crippen LogP contribution in [0.25, 0.3) is 0 Å². The van der Waals surface area contributed by atoms with E-state index in [9.17, 15) is 4.79 Å². The first-order valence-electron chi connectivity index (χ1n) is 9.07. The van der Waals surface area contributed by atoms with Crippen LogP contribution < -0.4 is 4.90 Å². The Morgan fingerprint density at radius 2 is 2.23 bits per heavy atom. The van der Waals surface area contributed by atoms with Gasteiger partial charge in [0.05, 0.1) is 11.9 Å². The van der Waals surface area contributed by atoms with Crippen molar-refractivity contribution in [1.29, 1.82) is 0 Å². The number of carbonyl (C=O) groups excluding carboxylic acids is 1. The molecule has 0 unspecified atom stereocenters. The Morgan fingerprint density at radius 3 is 3.00 bits per heavy atom. The highest BCUT2D eigenvalue weighted by molar-refractivity contribution is 7.99. The fraction of sp³-hybridized carbons (Fsp3) is 0.588. The van der Waals surface area contributed by atoms with Crippen molar-refractivity contribution in [2.75, 3.05) is 30.3 Å². The molecule has 0 aliphatic carbocycles. The molecule has 2 atom stereocenters. The minimum Gasteiger partial charge on any atom is -0.353 e. The minimum absolute atomic E-state index is 0.175.